The molecule has 0 bridgehead atoms. The number of likely N-dealkylation sites (tertiary alicyclic amines) is 1. The molecule has 8 nitrogen and oxygen atoms in total. The van der Waals surface area contributed by atoms with Crippen molar-refractivity contribution in [2.24, 2.45) is 0 Å². The Morgan fingerprint density at radius 1 is 1.28 bits per heavy atom. The van der Waals surface area contributed by atoms with Gasteiger partial charge < -0.3 is 10.4 Å². The molecule has 3 atom stereocenters. The normalized spacial score (nSPS) is 19.7. The number of halogens is 6. The molecule has 3 rings (SSSR count). The number of nitrogens with one attached hydrogen (secondary N) is 2. The van der Waals surface area contributed by atoms with Crippen LogP contribution in [0.4, 0.5) is 32.2 Å². The van der Waals surface area contributed by atoms with Gasteiger partial charge in [0.1, 0.15) is 11.9 Å². The summed E-state index contributed by atoms with van der Waals surface area (Å²) in [7, 11) is 0. The van der Waals surface area contributed by atoms with Gasteiger partial charge in [0.25, 0.3) is 5.91 Å². The zero-order chi connectivity index (χ0) is 29.3. The van der Waals surface area contributed by atoms with Crippen LogP contribution in [-0.4, -0.2) is 69.2 Å². The molecule has 1 aliphatic rings. The van der Waals surface area contributed by atoms with E-state index in [4.69, 9.17) is 0 Å². The minimum atomic E-state index is -4.98. The van der Waals surface area contributed by atoms with Gasteiger partial charge in [-0.2, -0.15) is 26.3 Å². The fourth-order valence-electron chi connectivity index (χ4n) is 4.57. The molecular formula is C24H29F6N5O3S. The summed E-state index contributed by atoms with van der Waals surface area (Å²) in [6.45, 7) is 7.00. The molecule has 1 saturated heterocycles. The predicted octanol–water partition coefficient (Wildman–Crippen LogP) is 4.81. The maximum Gasteiger partial charge on any atom is 0.417 e. The lowest BCUT2D eigenvalue weighted by Crippen LogP contribution is -2.40. The standard InChI is InChI=1S/C24H29F6N5O3S/c1-5-16(24(28,29)30)33-17-7-15(23(25,26)27)14(8-31-17)19-18(34-21(39-19)20(37)32-11-36)13-6-12(2)35(9-13)10-22(3,4)38/h7-8,11-13,16,38H,5-6,9-10H2,1-4H3,(H,31,33)(H,32,36,37)/t12-,13?,16-/m0/s1. The lowest BCUT2D eigenvalue weighted by Gasteiger charge is -2.28. The number of aliphatic hydroxyl groups is 1. The molecular weight excluding hydrogens is 552 g/mol. The number of carbonyl (C=O) groups is 2. The van der Waals surface area contributed by atoms with E-state index in [2.05, 4.69) is 9.97 Å². The summed E-state index contributed by atoms with van der Waals surface area (Å²) in [5, 5.41) is 13.9. The molecule has 2 aromatic heterocycles. The van der Waals surface area contributed by atoms with Crippen molar-refractivity contribution in [2.75, 3.05) is 18.4 Å². The van der Waals surface area contributed by atoms with Gasteiger partial charge in [0.15, 0.2) is 5.01 Å². The number of imide groups is 1. The number of rotatable bonds is 9. The second-order valence-corrected chi connectivity index (χ2v) is 11.1. The first kappa shape index (κ1) is 30.8. The van der Waals surface area contributed by atoms with E-state index in [1.807, 2.05) is 22.5 Å². The van der Waals surface area contributed by atoms with E-state index in [0.29, 0.717) is 30.4 Å². The second kappa shape index (κ2) is 11.4. The maximum atomic E-state index is 14.2. The van der Waals surface area contributed by atoms with Crippen LogP contribution in [0.1, 0.15) is 67.5 Å². The summed E-state index contributed by atoms with van der Waals surface area (Å²) >= 11 is 0.632. The summed E-state index contributed by atoms with van der Waals surface area (Å²) in [4.78, 5) is 33.2. The van der Waals surface area contributed by atoms with Crippen LogP contribution in [0.2, 0.25) is 0 Å². The fraction of sp³-hybridized carbons (Fsp3) is 0.583. The molecule has 0 saturated carbocycles. The van der Waals surface area contributed by atoms with Gasteiger partial charge in [0.2, 0.25) is 6.41 Å². The van der Waals surface area contributed by atoms with Crippen molar-refractivity contribution in [2.45, 2.75) is 76.5 Å². The van der Waals surface area contributed by atoms with Crippen molar-refractivity contribution in [1.82, 2.24) is 20.2 Å². The predicted molar refractivity (Wildman–Crippen MR) is 132 cm³/mol. The quantitative estimate of drug-likeness (QED) is 0.288. The van der Waals surface area contributed by atoms with Crippen LogP contribution in [0, 0.1) is 0 Å². The van der Waals surface area contributed by atoms with E-state index in [1.165, 1.54) is 6.92 Å². The fourth-order valence-corrected chi connectivity index (χ4v) is 5.65. The van der Waals surface area contributed by atoms with Crippen LogP contribution in [0.15, 0.2) is 12.3 Å². The molecule has 0 radical (unpaired) electrons. The Morgan fingerprint density at radius 3 is 2.49 bits per heavy atom. The number of β-amino-alcohol motifs (C(OH)–C–C–N with tert-alkyl or cyclic N) is 1. The molecule has 3 heterocycles. The second-order valence-electron chi connectivity index (χ2n) is 10.1. The first-order valence-electron chi connectivity index (χ1n) is 12.1. The van der Waals surface area contributed by atoms with E-state index >= 15 is 0 Å². The van der Waals surface area contributed by atoms with E-state index < -0.39 is 59.2 Å². The molecule has 39 heavy (non-hydrogen) atoms. The van der Waals surface area contributed by atoms with Gasteiger partial charge in [0.05, 0.1) is 21.7 Å². The SMILES string of the molecule is CC[C@H](Nc1cc(C(F)(F)F)c(-c2sc(C(=O)NC=O)nc2C2C[C@H](C)N(CC(C)(C)O)C2)cn1)C(F)(F)F. The lowest BCUT2D eigenvalue weighted by atomic mass is 9.97. The molecule has 15 heteroatoms. The third kappa shape index (κ3) is 7.45. The van der Waals surface area contributed by atoms with Crippen LogP contribution in [0.5, 0.6) is 0 Å². The number of aromatic nitrogens is 2. The van der Waals surface area contributed by atoms with Crippen LogP contribution < -0.4 is 10.6 Å². The molecule has 1 aliphatic heterocycles. The zero-order valence-corrected chi connectivity index (χ0v) is 22.4. The number of thiazole rings is 1. The van der Waals surface area contributed by atoms with Gasteiger partial charge in [0, 0.05) is 36.8 Å². The number of hydrogen-bond donors (Lipinski definition) is 3. The molecule has 0 spiro atoms. The van der Waals surface area contributed by atoms with Gasteiger partial charge in [-0.3, -0.25) is 19.8 Å². The van der Waals surface area contributed by atoms with Crippen molar-refractivity contribution in [1.29, 1.82) is 0 Å². The van der Waals surface area contributed by atoms with E-state index in [0.717, 1.165) is 6.20 Å². The summed E-state index contributed by atoms with van der Waals surface area (Å²) < 4.78 is 82.3. The largest absolute Gasteiger partial charge is 0.417 e. The van der Waals surface area contributed by atoms with Crippen molar-refractivity contribution in [3.8, 4) is 10.4 Å². The van der Waals surface area contributed by atoms with Crippen LogP contribution in [0.3, 0.4) is 0 Å². The van der Waals surface area contributed by atoms with Gasteiger partial charge >= 0.3 is 12.4 Å². The Bertz CT molecular complexity index is 1190. The lowest BCUT2D eigenvalue weighted by molar-refractivity contribution is -0.142. The highest BCUT2D eigenvalue weighted by Crippen LogP contribution is 2.45. The Hall–Kier alpha value is -2.78. The van der Waals surface area contributed by atoms with Crippen molar-refractivity contribution >= 4 is 29.5 Å². The van der Waals surface area contributed by atoms with Gasteiger partial charge in [-0.1, -0.05) is 6.92 Å². The van der Waals surface area contributed by atoms with E-state index in [1.54, 1.807) is 13.8 Å². The monoisotopic (exact) mass is 581 g/mol. The Kier molecular flexibility index (Phi) is 8.97. The molecule has 1 unspecified atom stereocenters. The first-order valence-corrected chi connectivity index (χ1v) is 12.9. The zero-order valence-electron chi connectivity index (χ0n) is 21.6. The minimum Gasteiger partial charge on any atom is -0.389 e. The Labute approximate surface area is 224 Å². The average molecular weight is 582 g/mol. The number of carbonyl (C=O) groups excluding carboxylic acids is 2. The highest BCUT2D eigenvalue weighted by molar-refractivity contribution is 7.17. The van der Waals surface area contributed by atoms with Crippen LogP contribution >= 0.6 is 11.3 Å². The molecule has 216 valence electrons. The van der Waals surface area contributed by atoms with E-state index in [9.17, 15) is 41.0 Å². The third-order valence-electron chi connectivity index (χ3n) is 6.30. The van der Waals surface area contributed by atoms with Crippen molar-refractivity contribution < 1.29 is 41.0 Å². The number of hydrogen-bond acceptors (Lipinski definition) is 8. The molecule has 0 aliphatic carbocycles. The average Bonchev–Trinajstić information content (AvgIpc) is 3.39. The molecule has 0 aromatic carbocycles. The van der Waals surface area contributed by atoms with Crippen LogP contribution in [-0.2, 0) is 11.0 Å². The van der Waals surface area contributed by atoms with Gasteiger partial charge in [-0.25, -0.2) is 9.97 Å². The first-order chi connectivity index (χ1) is 17.9. The number of nitrogens with zero attached hydrogens (tertiary/aromatic N) is 3. The maximum absolute atomic E-state index is 14.2. The highest BCUT2D eigenvalue weighted by Gasteiger charge is 2.41. The third-order valence-corrected chi connectivity index (χ3v) is 7.40. The van der Waals surface area contributed by atoms with E-state index in [-0.39, 0.29) is 34.6 Å². The highest BCUT2D eigenvalue weighted by atomic mass is 32.1. The number of anilines is 1. The topological polar surface area (TPSA) is 107 Å². The van der Waals surface area contributed by atoms with Crippen molar-refractivity contribution in [3.05, 3.63) is 28.5 Å². The number of amides is 2. The molecule has 2 amide bonds. The molecule has 3 N–H and O–H groups in total. The van der Waals surface area contributed by atoms with Gasteiger partial charge in [-0.15, -0.1) is 11.3 Å². The minimum absolute atomic E-state index is 0.0254. The summed E-state index contributed by atoms with van der Waals surface area (Å²) in [5.41, 5.74) is -2.55. The Morgan fingerprint density at radius 2 is 1.95 bits per heavy atom. The summed E-state index contributed by atoms with van der Waals surface area (Å²) in [5.74, 6) is -1.94. The summed E-state index contributed by atoms with van der Waals surface area (Å²) in [6, 6.07) is -1.66. The molecule has 1 fully saturated rings. The number of pyridine rings is 1. The van der Waals surface area contributed by atoms with Gasteiger partial charge in [-0.05, 0) is 39.7 Å². The molecule has 2 aromatic rings. The summed E-state index contributed by atoms with van der Waals surface area (Å²) in [6.07, 6.45) is -8.70. The number of alkyl halides is 6. The Balaban J connectivity index is 2.11. The van der Waals surface area contributed by atoms with Crippen molar-refractivity contribution in [3.63, 3.8) is 0 Å². The van der Waals surface area contributed by atoms with Crippen LogP contribution in [0.25, 0.3) is 10.4 Å². The smallest absolute Gasteiger partial charge is 0.389 e.